The van der Waals surface area contributed by atoms with Gasteiger partial charge in [0.2, 0.25) is 0 Å². The lowest BCUT2D eigenvalue weighted by Gasteiger charge is -2.20. The SMILES string of the molecule is CN(CCNc1cccc(Br)c1)c1ccccc1F. The molecule has 19 heavy (non-hydrogen) atoms. The molecule has 4 heteroatoms. The second-order valence-electron chi connectivity index (χ2n) is 4.31. The van der Waals surface area contributed by atoms with E-state index in [0.717, 1.165) is 23.2 Å². The molecule has 0 amide bonds. The number of hydrogen-bond acceptors (Lipinski definition) is 2. The van der Waals surface area contributed by atoms with Gasteiger partial charge < -0.3 is 10.2 Å². The Balaban J connectivity index is 1.88. The third kappa shape index (κ3) is 3.96. The maximum Gasteiger partial charge on any atom is 0.146 e. The van der Waals surface area contributed by atoms with E-state index in [4.69, 9.17) is 0 Å². The van der Waals surface area contributed by atoms with Crippen LogP contribution in [0.4, 0.5) is 15.8 Å². The van der Waals surface area contributed by atoms with Crippen LogP contribution >= 0.6 is 15.9 Å². The predicted octanol–water partition coefficient (Wildman–Crippen LogP) is 4.14. The Hall–Kier alpha value is -1.55. The van der Waals surface area contributed by atoms with Gasteiger partial charge in [-0.3, -0.25) is 0 Å². The summed E-state index contributed by atoms with van der Waals surface area (Å²) < 4.78 is 14.6. The number of hydrogen-bond donors (Lipinski definition) is 1. The highest BCUT2D eigenvalue weighted by atomic mass is 79.9. The molecule has 0 aliphatic heterocycles. The lowest BCUT2D eigenvalue weighted by atomic mass is 10.3. The molecule has 2 nitrogen and oxygen atoms in total. The molecule has 100 valence electrons. The lowest BCUT2D eigenvalue weighted by molar-refractivity contribution is 0.623. The molecule has 0 unspecified atom stereocenters. The summed E-state index contributed by atoms with van der Waals surface area (Å²) in [5, 5.41) is 3.31. The molecule has 1 N–H and O–H groups in total. The number of halogens is 2. The Morgan fingerprint density at radius 1 is 1.16 bits per heavy atom. The average Bonchev–Trinajstić information content (AvgIpc) is 2.39. The van der Waals surface area contributed by atoms with E-state index in [-0.39, 0.29) is 5.82 Å². The number of para-hydroxylation sites is 1. The van der Waals surface area contributed by atoms with Crippen molar-refractivity contribution in [3.63, 3.8) is 0 Å². The van der Waals surface area contributed by atoms with Crippen LogP contribution in [0.3, 0.4) is 0 Å². The van der Waals surface area contributed by atoms with Crippen molar-refractivity contribution < 1.29 is 4.39 Å². The Bertz CT molecular complexity index is 545. The Morgan fingerprint density at radius 2 is 1.95 bits per heavy atom. The third-order valence-corrected chi connectivity index (χ3v) is 3.36. The van der Waals surface area contributed by atoms with Gasteiger partial charge in [0, 0.05) is 30.3 Å². The first-order chi connectivity index (χ1) is 9.16. The highest BCUT2D eigenvalue weighted by Gasteiger charge is 2.05. The van der Waals surface area contributed by atoms with Gasteiger partial charge in [0.25, 0.3) is 0 Å². The third-order valence-electron chi connectivity index (χ3n) is 2.86. The second kappa shape index (κ2) is 6.57. The fourth-order valence-electron chi connectivity index (χ4n) is 1.85. The highest BCUT2D eigenvalue weighted by molar-refractivity contribution is 9.10. The summed E-state index contributed by atoms with van der Waals surface area (Å²) in [5.41, 5.74) is 1.68. The number of anilines is 2. The molecule has 0 spiro atoms. The van der Waals surface area contributed by atoms with Crippen molar-refractivity contribution in [1.29, 1.82) is 0 Å². The highest BCUT2D eigenvalue weighted by Crippen LogP contribution is 2.17. The number of rotatable bonds is 5. The molecule has 0 heterocycles. The smallest absolute Gasteiger partial charge is 0.146 e. The number of nitrogens with zero attached hydrogens (tertiary/aromatic N) is 1. The molecule has 0 radical (unpaired) electrons. The van der Waals surface area contributed by atoms with Crippen molar-refractivity contribution in [3.8, 4) is 0 Å². The molecule has 0 atom stereocenters. The molecule has 0 aliphatic rings. The van der Waals surface area contributed by atoms with Crippen LogP contribution in [-0.2, 0) is 0 Å². The van der Waals surface area contributed by atoms with Gasteiger partial charge in [-0.2, -0.15) is 0 Å². The zero-order chi connectivity index (χ0) is 13.7. The average molecular weight is 323 g/mol. The maximum absolute atomic E-state index is 13.6. The van der Waals surface area contributed by atoms with Gasteiger partial charge in [-0.15, -0.1) is 0 Å². The number of benzene rings is 2. The number of likely N-dealkylation sites (N-methyl/N-ethyl adjacent to an activating group) is 1. The van der Waals surface area contributed by atoms with Gasteiger partial charge in [0.15, 0.2) is 0 Å². The van der Waals surface area contributed by atoms with Crippen LogP contribution in [0, 0.1) is 5.82 Å². The summed E-state index contributed by atoms with van der Waals surface area (Å²) in [5.74, 6) is -0.188. The Labute approximate surface area is 121 Å². The van der Waals surface area contributed by atoms with Crippen molar-refractivity contribution in [2.24, 2.45) is 0 Å². The van der Waals surface area contributed by atoms with Crippen LogP contribution in [0.25, 0.3) is 0 Å². The zero-order valence-electron chi connectivity index (χ0n) is 10.7. The molecule has 0 saturated carbocycles. The lowest BCUT2D eigenvalue weighted by Crippen LogP contribution is -2.25. The summed E-state index contributed by atoms with van der Waals surface area (Å²) in [7, 11) is 1.89. The van der Waals surface area contributed by atoms with Crippen molar-refractivity contribution >= 4 is 27.3 Å². The molecular weight excluding hydrogens is 307 g/mol. The first-order valence-electron chi connectivity index (χ1n) is 6.12. The summed E-state index contributed by atoms with van der Waals surface area (Å²) in [6.45, 7) is 1.48. The van der Waals surface area contributed by atoms with Crippen molar-refractivity contribution in [2.75, 3.05) is 30.4 Å². The standard InChI is InChI=1S/C15H16BrFN2/c1-19(15-8-3-2-7-14(15)17)10-9-18-13-6-4-5-12(16)11-13/h2-8,11,18H,9-10H2,1H3. The quantitative estimate of drug-likeness (QED) is 0.890. The largest absolute Gasteiger partial charge is 0.383 e. The molecule has 0 aromatic heterocycles. The van der Waals surface area contributed by atoms with Gasteiger partial charge in [-0.05, 0) is 30.3 Å². The van der Waals surface area contributed by atoms with E-state index in [2.05, 4.69) is 21.2 Å². The molecule has 0 saturated heterocycles. The Kier molecular flexibility index (Phi) is 4.80. The topological polar surface area (TPSA) is 15.3 Å². The van der Waals surface area contributed by atoms with E-state index in [1.807, 2.05) is 42.3 Å². The summed E-state index contributed by atoms with van der Waals surface area (Å²) >= 11 is 3.43. The second-order valence-corrected chi connectivity index (χ2v) is 5.23. The minimum absolute atomic E-state index is 0.188. The summed E-state index contributed by atoms with van der Waals surface area (Å²) in [6.07, 6.45) is 0. The van der Waals surface area contributed by atoms with Crippen LogP contribution in [0.1, 0.15) is 0 Å². The van der Waals surface area contributed by atoms with Crippen molar-refractivity contribution in [2.45, 2.75) is 0 Å². The first-order valence-corrected chi connectivity index (χ1v) is 6.91. The van der Waals surface area contributed by atoms with E-state index in [1.165, 1.54) is 6.07 Å². The van der Waals surface area contributed by atoms with E-state index >= 15 is 0 Å². The van der Waals surface area contributed by atoms with E-state index in [1.54, 1.807) is 12.1 Å². The Morgan fingerprint density at radius 3 is 2.68 bits per heavy atom. The summed E-state index contributed by atoms with van der Waals surface area (Å²) in [6, 6.07) is 14.8. The molecule has 0 fully saturated rings. The first kappa shape index (κ1) is 13.9. The minimum atomic E-state index is -0.188. The monoisotopic (exact) mass is 322 g/mol. The van der Waals surface area contributed by atoms with Crippen LogP contribution in [-0.4, -0.2) is 20.1 Å². The maximum atomic E-state index is 13.6. The van der Waals surface area contributed by atoms with Gasteiger partial charge in [0.05, 0.1) is 5.69 Å². The van der Waals surface area contributed by atoms with E-state index in [0.29, 0.717) is 5.69 Å². The molecule has 0 aliphatic carbocycles. The molecule has 0 bridgehead atoms. The van der Waals surface area contributed by atoms with Crippen LogP contribution in [0.5, 0.6) is 0 Å². The van der Waals surface area contributed by atoms with Gasteiger partial charge in [0.1, 0.15) is 5.82 Å². The van der Waals surface area contributed by atoms with E-state index in [9.17, 15) is 4.39 Å². The fourth-order valence-corrected chi connectivity index (χ4v) is 2.25. The molecular formula is C15H16BrFN2. The van der Waals surface area contributed by atoms with Gasteiger partial charge >= 0.3 is 0 Å². The fraction of sp³-hybridized carbons (Fsp3) is 0.200. The predicted molar refractivity (Wildman–Crippen MR) is 82.3 cm³/mol. The number of nitrogens with one attached hydrogen (secondary N) is 1. The molecule has 2 rings (SSSR count). The van der Waals surface area contributed by atoms with Gasteiger partial charge in [-0.25, -0.2) is 4.39 Å². The van der Waals surface area contributed by atoms with Crippen LogP contribution in [0.2, 0.25) is 0 Å². The molecule has 2 aromatic rings. The molecule has 2 aromatic carbocycles. The normalized spacial score (nSPS) is 10.3. The van der Waals surface area contributed by atoms with Crippen LogP contribution < -0.4 is 10.2 Å². The minimum Gasteiger partial charge on any atom is -0.383 e. The summed E-state index contributed by atoms with van der Waals surface area (Å²) in [4.78, 5) is 1.90. The van der Waals surface area contributed by atoms with Crippen molar-refractivity contribution in [1.82, 2.24) is 0 Å². The zero-order valence-corrected chi connectivity index (χ0v) is 12.3. The van der Waals surface area contributed by atoms with Crippen molar-refractivity contribution in [3.05, 3.63) is 58.8 Å². The van der Waals surface area contributed by atoms with Crippen LogP contribution in [0.15, 0.2) is 53.0 Å². The van der Waals surface area contributed by atoms with Gasteiger partial charge in [-0.1, -0.05) is 34.1 Å². The van der Waals surface area contributed by atoms with E-state index < -0.39 is 0 Å².